The summed E-state index contributed by atoms with van der Waals surface area (Å²) in [5, 5.41) is 6.67. The zero-order valence-electron chi connectivity index (χ0n) is 15.8. The van der Waals surface area contributed by atoms with Crippen molar-refractivity contribution in [2.45, 2.75) is 25.4 Å². The minimum atomic E-state index is -0.155. The molecule has 0 radical (unpaired) electrons. The van der Waals surface area contributed by atoms with Gasteiger partial charge in [0.15, 0.2) is 5.96 Å². The van der Waals surface area contributed by atoms with E-state index in [1.807, 2.05) is 0 Å². The summed E-state index contributed by atoms with van der Waals surface area (Å²) < 4.78 is 11.2. The van der Waals surface area contributed by atoms with Crippen molar-refractivity contribution >= 4 is 11.9 Å². The molecule has 0 aromatic heterocycles. The van der Waals surface area contributed by atoms with Crippen LogP contribution in [0.5, 0.6) is 0 Å². The Bertz CT molecular complexity index is 444. The second kappa shape index (κ2) is 9.94. The predicted molar refractivity (Wildman–Crippen MR) is 97.9 cm³/mol. The standard InChI is InChI=1S/C17H33N5O3/c1-17(5-4-10-25-17)14-20-16(19-13-15(23)21(2)3)18-6-7-22-8-11-24-12-9-22/h4-14H2,1-3H3,(H2,18,19,20). The smallest absolute Gasteiger partial charge is 0.243 e. The average Bonchev–Trinajstić information content (AvgIpc) is 3.04. The van der Waals surface area contributed by atoms with Gasteiger partial charge in [-0.3, -0.25) is 9.69 Å². The summed E-state index contributed by atoms with van der Waals surface area (Å²) in [5.41, 5.74) is -0.155. The molecule has 144 valence electrons. The lowest BCUT2D eigenvalue weighted by atomic mass is 10.0. The zero-order valence-corrected chi connectivity index (χ0v) is 15.8. The molecule has 0 aromatic rings. The van der Waals surface area contributed by atoms with Gasteiger partial charge in [-0.1, -0.05) is 0 Å². The quantitative estimate of drug-likeness (QED) is 0.474. The number of likely N-dealkylation sites (N-methyl/N-ethyl adjacent to an activating group) is 1. The predicted octanol–water partition coefficient (Wildman–Crippen LogP) is -0.489. The number of nitrogens with one attached hydrogen (secondary N) is 2. The van der Waals surface area contributed by atoms with Crippen LogP contribution in [0.4, 0.5) is 0 Å². The fraction of sp³-hybridized carbons (Fsp3) is 0.882. The molecule has 8 nitrogen and oxygen atoms in total. The first-order valence-electron chi connectivity index (χ1n) is 9.15. The maximum absolute atomic E-state index is 11.8. The normalized spacial score (nSPS) is 25.0. The van der Waals surface area contributed by atoms with Gasteiger partial charge in [0.2, 0.25) is 5.91 Å². The van der Waals surface area contributed by atoms with E-state index in [4.69, 9.17) is 9.47 Å². The number of hydrogen-bond donors (Lipinski definition) is 2. The number of carbonyl (C=O) groups is 1. The van der Waals surface area contributed by atoms with E-state index < -0.39 is 0 Å². The molecule has 2 rings (SSSR count). The molecular formula is C17H33N5O3. The summed E-state index contributed by atoms with van der Waals surface area (Å²) in [4.78, 5) is 20.1. The molecule has 0 bridgehead atoms. The van der Waals surface area contributed by atoms with E-state index in [0.29, 0.717) is 12.5 Å². The van der Waals surface area contributed by atoms with Crippen LogP contribution in [-0.2, 0) is 14.3 Å². The zero-order chi connectivity index (χ0) is 18.1. The number of hydrogen-bond acceptors (Lipinski definition) is 5. The molecule has 25 heavy (non-hydrogen) atoms. The van der Waals surface area contributed by atoms with Crippen LogP contribution in [0.1, 0.15) is 19.8 Å². The van der Waals surface area contributed by atoms with Crippen LogP contribution >= 0.6 is 0 Å². The Morgan fingerprint density at radius 1 is 1.24 bits per heavy atom. The van der Waals surface area contributed by atoms with Gasteiger partial charge in [-0.2, -0.15) is 0 Å². The van der Waals surface area contributed by atoms with Crippen LogP contribution in [0.2, 0.25) is 0 Å². The van der Waals surface area contributed by atoms with Gasteiger partial charge in [-0.15, -0.1) is 0 Å². The van der Waals surface area contributed by atoms with Crippen LogP contribution in [0.3, 0.4) is 0 Å². The molecule has 0 saturated carbocycles. The van der Waals surface area contributed by atoms with Gasteiger partial charge in [0.1, 0.15) is 6.54 Å². The van der Waals surface area contributed by atoms with Gasteiger partial charge in [-0.05, 0) is 19.8 Å². The van der Waals surface area contributed by atoms with Crippen molar-refractivity contribution < 1.29 is 14.3 Å². The van der Waals surface area contributed by atoms with Crippen molar-refractivity contribution in [2.75, 3.05) is 73.2 Å². The maximum Gasteiger partial charge on any atom is 0.243 e. The van der Waals surface area contributed by atoms with Crippen LogP contribution in [0, 0.1) is 0 Å². The first-order valence-corrected chi connectivity index (χ1v) is 9.15. The molecule has 0 spiro atoms. The van der Waals surface area contributed by atoms with E-state index in [-0.39, 0.29) is 18.1 Å². The molecule has 1 amide bonds. The molecule has 2 aliphatic rings. The van der Waals surface area contributed by atoms with Crippen LogP contribution in [-0.4, -0.2) is 100 Å². The topological polar surface area (TPSA) is 78.4 Å². The monoisotopic (exact) mass is 355 g/mol. The van der Waals surface area contributed by atoms with Crippen molar-refractivity contribution in [3.05, 3.63) is 0 Å². The highest BCUT2D eigenvalue weighted by molar-refractivity contribution is 5.84. The summed E-state index contributed by atoms with van der Waals surface area (Å²) >= 11 is 0. The number of nitrogens with zero attached hydrogens (tertiary/aromatic N) is 3. The molecule has 1 unspecified atom stereocenters. The van der Waals surface area contributed by atoms with Crippen molar-refractivity contribution in [2.24, 2.45) is 4.99 Å². The molecule has 0 aromatic carbocycles. The number of guanidine groups is 1. The highest BCUT2D eigenvalue weighted by Crippen LogP contribution is 2.23. The van der Waals surface area contributed by atoms with E-state index in [9.17, 15) is 4.79 Å². The Balaban J connectivity index is 1.81. The third-order valence-electron chi connectivity index (χ3n) is 4.63. The first kappa shape index (κ1) is 19.9. The van der Waals surface area contributed by atoms with E-state index in [1.165, 1.54) is 0 Å². The van der Waals surface area contributed by atoms with Crippen LogP contribution in [0.15, 0.2) is 4.99 Å². The van der Waals surface area contributed by atoms with Crippen LogP contribution in [0.25, 0.3) is 0 Å². The molecule has 0 aliphatic carbocycles. The van der Waals surface area contributed by atoms with Gasteiger partial charge < -0.3 is 25.0 Å². The van der Waals surface area contributed by atoms with Gasteiger partial charge in [-0.25, -0.2) is 4.99 Å². The van der Waals surface area contributed by atoms with Gasteiger partial charge in [0.25, 0.3) is 0 Å². The number of amides is 1. The highest BCUT2D eigenvalue weighted by atomic mass is 16.5. The van der Waals surface area contributed by atoms with Crippen molar-refractivity contribution in [3.63, 3.8) is 0 Å². The summed E-state index contributed by atoms with van der Waals surface area (Å²) in [6, 6.07) is 0. The Morgan fingerprint density at radius 2 is 2.00 bits per heavy atom. The van der Waals surface area contributed by atoms with Crippen molar-refractivity contribution in [3.8, 4) is 0 Å². The minimum absolute atomic E-state index is 0.0161. The molecule has 2 heterocycles. The molecule has 8 heteroatoms. The number of aliphatic imine (C=N–C) groups is 1. The van der Waals surface area contributed by atoms with Crippen molar-refractivity contribution in [1.82, 2.24) is 20.4 Å². The second-order valence-corrected chi connectivity index (χ2v) is 7.09. The molecule has 1 atom stereocenters. The van der Waals surface area contributed by atoms with Crippen molar-refractivity contribution in [1.29, 1.82) is 0 Å². The van der Waals surface area contributed by atoms with Gasteiger partial charge in [0, 0.05) is 53.4 Å². The fourth-order valence-electron chi connectivity index (χ4n) is 2.87. The van der Waals surface area contributed by atoms with E-state index in [0.717, 1.165) is 58.8 Å². The van der Waals surface area contributed by atoms with Crippen LogP contribution < -0.4 is 10.6 Å². The third-order valence-corrected chi connectivity index (χ3v) is 4.63. The summed E-state index contributed by atoms with van der Waals surface area (Å²) in [7, 11) is 3.48. The second-order valence-electron chi connectivity index (χ2n) is 7.09. The largest absolute Gasteiger partial charge is 0.379 e. The molecule has 2 N–H and O–H groups in total. The average molecular weight is 355 g/mol. The molecule has 2 aliphatic heterocycles. The number of morpholine rings is 1. The Hall–Kier alpha value is -1.38. The Kier molecular flexibility index (Phi) is 7.92. The summed E-state index contributed by atoms with van der Waals surface area (Å²) in [6.45, 7) is 8.98. The lowest BCUT2D eigenvalue weighted by molar-refractivity contribution is -0.127. The van der Waals surface area contributed by atoms with E-state index in [2.05, 4.69) is 27.4 Å². The Morgan fingerprint density at radius 3 is 2.64 bits per heavy atom. The fourth-order valence-corrected chi connectivity index (χ4v) is 2.87. The van der Waals surface area contributed by atoms with Gasteiger partial charge in [0.05, 0.1) is 18.8 Å². The Labute approximate surface area is 150 Å². The lowest BCUT2D eigenvalue weighted by Crippen LogP contribution is -2.48. The third kappa shape index (κ3) is 7.17. The molecule has 2 fully saturated rings. The van der Waals surface area contributed by atoms with Gasteiger partial charge >= 0.3 is 0 Å². The number of carbonyl (C=O) groups excluding carboxylic acids is 1. The summed E-state index contributed by atoms with van der Waals surface area (Å²) in [5.74, 6) is 0.651. The molecule has 2 saturated heterocycles. The first-order chi connectivity index (χ1) is 12.0. The minimum Gasteiger partial charge on any atom is -0.379 e. The molecular weight excluding hydrogens is 322 g/mol. The van der Waals surface area contributed by atoms with E-state index in [1.54, 1.807) is 19.0 Å². The lowest BCUT2D eigenvalue weighted by Gasteiger charge is -2.27. The maximum atomic E-state index is 11.8. The summed E-state index contributed by atoms with van der Waals surface area (Å²) in [6.07, 6.45) is 2.13. The SMILES string of the molecule is CN(C)C(=O)CN=C(NCCN1CCOCC1)NCC1(C)CCCO1. The highest BCUT2D eigenvalue weighted by Gasteiger charge is 2.29. The number of ether oxygens (including phenoxy) is 2. The number of rotatable bonds is 7. The van der Waals surface area contributed by atoms with E-state index >= 15 is 0 Å².